The van der Waals surface area contributed by atoms with Crippen molar-refractivity contribution in [1.29, 1.82) is 0 Å². The Morgan fingerprint density at radius 2 is 2.09 bits per heavy atom. The molecule has 1 aromatic rings. The zero-order valence-corrected chi connectivity index (χ0v) is 13.2. The monoisotopic (exact) mass is 315 g/mol. The van der Waals surface area contributed by atoms with Crippen LogP contribution in [0.1, 0.15) is 29.9 Å². The van der Waals surface area contributed by atoms with Crippen molar-refractivity contribution in [3.63, 3.8) is 0 Å². The van der Waals surface area contributed by atoms with Crippen LogP contribution in [0.2, 0.25) is 0 Å². The minimum absolute atomic E-state index is 0.00644. The van der Waals surface area contributed by atoms with Crippen LogP contribution in [0, 0.1) is 0 Å². The normalized spacial score (nSPS) is 34.4. The van der Waals surface area contributed by atoms with Gasteiger partial charge < -0.3 is 19.3 Å². The molecule has 1 saturated heterocycles. The van der Waals surface area contributed by atoms with Gasteiger partial charge in [-0.25, -0.2) is 0 Å². The molecule has 5 rings (SSSR count). The Kier molecular flexibility index (Phi) is 2.77. The van der Waals surface area contributed by atoms with Crippen molar-refractivity contribution in [2.75, 3.05) is 27.0 Å². The van der Waals surface area contributed by atoms with Crippen molar-refractivity contribution in [2.45, 2.75) is 36.8 Å². The van der Waals surface area contributed by atoms with Gasteiger partial charge in [0.15, 0.2) is 11.5 Å². The third kappa shape index (κ3) is 1.69. The van der Waals surface area contributed by atoms with E-state index in [9.17, 15) is 5.11 Å². The van der Waals surface area contributed by atoms with Gasteiger partial charge in [-0.05, 0) is 55.1 Å². The minimum atomic E-state index is -0.599. The van der Waals surface area contributed by atoms with Crippen LogP contribution in [0.5, 0.6) is 11.5 Å². The highest BCUT2D eigenvalue weighted by atomic mass is 16.7. The Labute approximate surface area is 135 Å². The van der Waals surface area contributed by atoms with Gasteiger partial charge in [0.1, 0.15) is 11.9 Å². The van der Waals surface area contributed by atoms with Crippen molar-refractivity contribution in [3.8, 4) is 11.5 Å². The summed E-state index contributed by atoms with van der Waals surface area (Å²) in [4.78, 5) is 2.53. The quantitative estimate of drug-likeness (QED) is 0.856. The Bertz CT molecular complexity index is 701. The van der Waals surface area contributed by atoms with E-state index in [0.717, 1.165) is 43.9 Å². The van der Waals surface area contributed by atoms with E-state index in [1.807, 2.05) is 0 Å². The first-order chi connectivity index (χ1) is 11.2. The number of hydrogen-bond acceptors (Lipinski definition) is 5. The Morgan fingerprint density at radius 1 is 1.26 bits per heavy atom. The average Bonchev–Trinajstić information content (AvgIpc) is 3.21. The topological polar surface area (TPSA) is 51.2 Å². The van der Waals surface area contributed by atoms with Gasteiger partial charge in [0.2, 0.25) is 6.79 Å². The van der Waals surface area contributed by atoms with Gasteiger partial charge in [-0.3, -0.25) is 4.90 Å². The number of benzene rings is 1. The van der Waals surface area contributed by atoms with E-state index in [-0.39, 0.29) is 18.2 Å². The molecule has 23 heavy (non-hydrogen) atoms. The van der Waals surface area contributed by atoms with Crippen LogP contribution in [-0.4, -0.2) is 48.6 Å². The summed E-state index contributed by atoms with van der Waals surface area (Å²) in [5.74, 6) is 2.33. The average molecular weight is 315 g/mol. The Morgan fingerprint density at radius 3 is 2.91 bits per heavy atom. The molecule has 0 saturated carbocycles. The van der Waals surface area contributed by atoms with Crippen molar-refractivity contribution in [3.05, 3.63) is 35.1 Å². The summed E-state index contributed by atoms with van der Waals surface area (Å²) in [6.07, 6.45) is 4.78. The summed E-state index contributed by atoms with van der Waals surface area (Å²) >= 11 is 0. The molecule has 1 aromatic carbocycles. The van der Waals surface area contributed by atoms with E-state index >= 15 is 0 Å². The van der Waals surface area contributed by atoms with Crippen LogP contribution >= 0.6 is 0 Å². The van der Waals surface area contributed by atoms with Crippen LogP contribution in [0.3, 0.4) is 0 Å². The van der Waals surface area contributed by atoms with Crippen molar-refractivity contribution in [2.24, 2.45) is 0 Å². The van der Waals surface area contributed by atoms with E-state index < -0.39 is 6.10 Å². The SMILES string of the molecule is COC1=C[C@]23CCCN2CCc2cc4c(cc2[C@H]3[C@@H]1O)OCO4. The largest absolute Gasteiger partial charge is 0.499 e. The molecule has 0 aromatic heterocycles. The fourth-order valence-corrected chi connectivity index (χ4v) is 4.99. The van der Waals surface area contributed by atoms with Crippen LogP contribution in [0.4, 0.5) is 0 Å². The van der Waals surface area contributed by atoms with Crippen LogP contribution in [-0.2, 0) is 11.2 Å². The van der Waals surface area contributed by atoms with Crippen molar-refractivity contribution >= 4 is 0 Å². The molecule has 0 radical (unpaired) electrons. The highest BCUT2D eigenvalue weighted by molar-refractivity contribution is 5.54. The van der Waals surface area contributed by atoms with Gasteiger partial charge in [-0.1, -0.05) is 0 Å². The predicted molar refractivity (Wildman–Crippen MR) is 83.6 cm³/mol. The maximum absolute atomic E-state index is 11.0. The summed E-state index contributed by atoms with van der Waals surface area (Å²) in [5, 5.41) is 11.0. The molecule has 0 bridgehead atoms. The molecule has 4 aliphatic rings. The number of hydrogen-bond donors (Lipinski definition) is 1. The predicted octanol–water partition coefficient (Wildman–Crippen LogP) is 1.79. The molecular formula is C18H21NO4. The number of rotatable bonds is 1. The minimum Gasteiger partial charge on any atom is -0.499 e. The molecule has 122 valence electrons. The Hall–Kier alpha value is -1.72. The van der Waals surface area contributed by atoms with Crippen LogP contribution < -0.4 is 9.47 Å². The van der Waals surface area contributed by atoms with Gasteiger partial charge >= 0.3 is 0 Å². The Balaban J connectivity index is 1.70. The van der Waals surface area contributed by atoms with Gasteiger partial charge in [-0.2, -0.15) is 0 Å². The highest BCUT2D eigenvalue weighted by Gasteiger charge is 2.56. The molecule has 3 atom stereocenters. The molecular weight excluding hydrogens is 294 g/mol. The lowest BCUT2D eigenvalue weighted by Crippen LogP contribution is -2.46. The molecule has 0 unspecified atom stereocenters. The lowest BCUT2D eigenvalue weighted by Gasteiger charge is -2.38. The third-order valence-electron chi connectivity index (χ3n) is 5.99. The smallest absolute Gasteiger partial charge is 0.231 e. The summed E-state index contributed by atoms with van der Waals surface area (Å²) in [7, 11) is 1.65. The van der Waals surface area contributed by atoms with E-state index in [0.29, 0.717) is 5.76 Å². The van der Waals surface area contributed by atoms with E-state index in [1.54, 1.807) is 7.11 Å². The van der Waals surface area contributed by atoms with Gasteiger partial charge in [-0.15, -0.1) is 0 Å². The number of aliphatic hydroxyl groups excluding tert-OH is 1. The van der Waals surface area contributed by atoms with E-state index in [1.165, 1.54) is 11.1 Å². The van der Waals surface area contributed by atoms with E-state index in [2.05, 4.69) is 23.1 Å². The first kappa shape index (κ1) is 13.7. The second-order valence-electron chi connectivity index (χ2n) is 6.91. The van der Waals surface area contributed by atoms with Gasteiger partial charge in [0, 0.05) is 12.5 Å². The van der Waals surface area contributed by atoms with Crippen molar-refractivity contribution in [1.82, 2.24) is 4.90 Å². The molecule has 5 heteroatoms. The molecule has 3 heterocycles. The lowest BCUT2D eigenvalue weighted by molar-refractivity contribution is 0.0782. The zero-order chi connectivity index (χ0) is 15.6. The molecule has 1 aliphatic carbocycles. The number of fused-ring (bicyclic) bond motifs is 3. The lowest BCUT2D eigenvalue weighted by atomic mass is 9.78. The fraction of sp³-hybridized carbons (Fsp3) is 0.556. The molecule has 1 spiro atoms. The molecule has 5 nitrogen and oxygen atoms in total. The molecule has 0 amide bonds. The maximum atomic E-state index is 11.0. The summed E-state index contributed by atoms with van der Waals surface area (Å²) in [6, 6.07) is 4.19. The highest BCUT2D eigenvalue weighted by Crippen LogP contribution is 2.54. The molecule has 3 aliphatic heterocycles. The third-order valence-corrected chi connectivity index (χ3v) is 5.99. The zero-order valence-electron chi connectivity index (χ0n) is 13.2. The maximum Gasteiger partial charge on any atom is 0.231 e. The molecule has 1 fully saturated rings. The first-order valence-electron chi connectivity index (χ1n) is 8.35. The van der Waals surface area contributed by atoms with Crippen molar-refractivity contribution < 1.29 is 19.3 Å². The number of methoxy groups -OCH3 is 1. The van der Waals surface area contributed by atoms with Crippen LogP contribution in [0.25, 0.3) is 0 Å². The first-order valence-corrected chi connectivity index (χ1v) is 8.35. The fourth-order valence-electron chi connectivity index (χ4n) is 4.99. The summed E-state index contributed by atoms with van der Waals surface area (Å²) < 4.78 is 16.6. The van der Waals surface area contributed by atoms with Crippen LogP contribution in [0.15, 0.2) is 24.0 Å². The number of nitrogens with zero attached hydrogens (tertiary/aromatic N) is 1. The number of ether oxygens (including phenoxy) is 3. The van der Waals surface area contributed by atoms with Gasteiger partial charge in [0.05, 0.1) is 12.6 Å². The standard InChI is InChI=1S/C18H21NO4/c1-21-15-9-18-4-2-5-19(18)6-3-11-7-13-14(23-10-22-13)8-12(11)16(18)17(15)20/h7-9,16-17,20H,2-6,10H2,1H3/t16-,17+,18-/m0/s1. The number of aliphatic hydroxyl groups is 1. The molecule has 1 N–H and O–H groups in total. The second-order valence-corrected chi connectivity index (χ2v) is 6.91. The van der Waals surface area contributed by atoms with Gasteiger partial charge in [0.25, 0.3) is 0 Å². The van der Waals surface area contributed by atoms with E-state index in [4.69, 9.17) is 14.2 Å². The second kappa shape index (κ2) is 4.65. The summed E-state index contributed by atoms with van der Waals surface area (Å²) in [6.45, 7) is 2.37. The summed E-state index contributed by atoms with van der Waals surface area (Å²) in [5.41, 5.74) is 2.33.